The predicted octanol–water partition coefficient (Wildman–Crippen LogP) is 4.98. The van der Waals surface area contributed by atoms with Crippen LogP contribution in [0.25, 0.3) is 10.9 Å². The lowest BCUT2D eigenvalue weighted by atomic mass is 10.1. The number of alkyl halides is 3. The zero-order valence-electron chi connectivity index (χ0n) is 18.7. The van der Waals surface area contributed by atoms with E-state index in [9.17, 15) is 18.0 Å². The highest BCUT2D eigenvalue weighted by molar-refractivity contribution is 6.32. The van der Waals surface area contributed by atoms with Gasteiger partial charge in [0.15, 0.2) is 6.61 Å². The summed E-state index contributed by atoms with van der Waals surface area (Å²) in [6.45, 7) is 5.43. The summed E-state index contributed by atoms with van der Waals surface area (Å²) in [5.74, 6) is 0.478. The number of nitrogens with zero attached hydrogens (tertiary/aromatic N) is 3. The molecule has 34 heavy (non-hydrogen) atoms. The predicted molar refractivity (Wildman–Crippen MR) is 127 cm³/mol. The Morgan fingerprint density at radius 2 is 1.85 bits per heavy atom. The molecule has 0 spiro atoms. The number of aromatic nitrogens is 1. The number of aryl methyl sites for hydroxylation is 1. The summed E-state index contributed by atoms with van der Waals surface area (Å²) in [7, 11) is 2.11. The molecule has 6 nitrogen and oxygen atoms in total. The van der Waals surface area contributed by atoms with E-state index in [-0.39, 0.29) is 10.8 Å². The molecule has 3 aromatic rings. The fraction of sp³-hybridized carbons (Fsp3) is 0.333. The van der Waals surface area contributed by atoms with Crippen LogP contribution in [0.3, 0.4) is 0 Å². The van der Waals surface area contributed by atoms with Crippen molar-refractivity contribution in [2.45, 2.75) is 13.1 Å². The van der Waals surface area contributed by atoms with Gasteiger partial charge in [-0.3, -0.25) is 4.79 Å². The molecule has 1 amide bonds. The second-order valence-electron chi connectivity index (χ2n) is 8.30. The lowest BCUT2D eigenvalue weighted by Crippen LogP contribution is -2.44. The minimum atomic E-state index is -4.51. The van der Waals surface area contributed by atoms with Crippen LogP contribution in [0.15, 0.2) is 42.5 Å². The number of amides is 1. The molecule has 0 saturated carbocycles. The van der Waals surface area contributed by atoms with Gasteiger partial charge in [0, 0.05) is 37.3 Å². The molecule has 0 radical (unpaired) electrons. The number of hydrogen-bond acceptors (Lipinski definition) is 5. The summed E-state index contributed by atoms with van der Waals surface area (Å²) in [5.41, 5.74) is 1.56. The van der Waals surface area contributed by atoms with E-state index in [0.717, 1.165) is 66.7 Å². The molecule has 180 valence electrons. The highest BCUT2D eigenvalue weighted by Crippen LogP contribution is 2.34. The topological polar surface area (TPSA) is 57.7 Å². The molecular formula is C24H24ClF3N4O2. The van der Waals surface area contributed by atoms with Gasteiger partial charge in [0.05, 0.1) is 16.1 Å². The van der Waals surface area contributed by atoms with Crippen LogP contribution in [0.5, 0.6) is 5.75 Å². The first kappa shape index (κ1) is 24.1. The molecular weight excluding hydrogens is 469 g/mol. The van der Waals surface area contributed by atoms with Gasteiger partial charge in [-0.25, -0.2) is 4.98 Å². The number of hydrogen-bond donors (Lipinski definition) is 1. The Bertz CT molecular complexity index is 1210. The van der Waals surface area contributed by atoms with E-state index in [2.05, 4.69) is 28.2 Å². The van der Waals surface area contributed by atoms with Gasteiger partial charge in [0.1, 0.15) is 11.6 Å². The van der Waals surface area contributed by atoms with Crippen LogP contribution in [-0.2, 0) is 11.0 Å². The molecule has 0 aliphatic carbocycles. The van der Waals surface area contributed by atoms with E-state index < -0.39 is 24.3 Å². The van der Waals surface area contributed by atoms with Crippen molar-refractivity contribution in [2.24, 2.45) is 0 Å². The van der Waals surface area contributed by atoms with Gasteiger partial charge < -0.3 is 19.9 Å². The summed E-state index contributed by atoms with van der Waals surface area (Å²) >= 11 is 5.87. The Labute approximate surface area is 200 Å². The second kappa shape index (κ2) is 9.68. The van der Waals surface area contributed by atoms with E-state index in [0.29, 0.717) is 5.69 Å². The van der Waals surface area contributed by atoms with Crippen LogP contribution < -0.4 is 15.0 Å². The lowest BCUT2D eigenvalue weighted by Gasteiger charge is -2.33. The number of fused-ring (bicyclic) bond motifs is 1. The van der Waals surface area contributed by atoms with Gasteiger partial charge >= 0.3 is 6.18 Å². The van der Waals surface area contributed by atoms with Crippen molar-refractivity contribution < 1.29 is 22.7 Å². The number of benzene rings is 2. The highest BCUT2D eigenvalue weighted by atomic mass is 35.5. The van der Waals surface area contributed by atoms with E-state index >= 15 is 0 Å². The Morgan fingerprint density at radius 1 is 1.12 bits per heavy atom. The molecule has 10 heteroatoms. The van der Waals surface area contributed by atoms with Gasteiger partial charge in [0.25, 0.3) is 5.91 Å². The number of ether oxygens (including phenoxy) is 1. The molecule has 1 fully saturated rings. The first-order valence-electron chi connectivity index (χ1n) is 10.7. The molecule has 0 bridgehead atoms. The maximum Gasteiger partial charge on any atom is 0.416 e. The van der Waals surface area contributed by atoms with Crippen molar-refractivity contribution in [3.8, 4) is 5.75 Å². The smallest absolute Gasteiger partial charge is 0.416 e. The fourth-order valence-electron chi connectivity index (χ4n) is 3.79. The van der Waals surface area contributed by atoms with Crippen molar-refractivity contribution in [1.29, 1.82) is 0 Å². The molecule has 4 rings (SSSR count). The van der Waals surface area contributed by atoms with Crippen LogP contribution in [0, 0.1) is 6.92 Å². The van der Waals surface area contributed by atoms with Crippen molar-refractivity contribution in [3.05, 3.63) is 58.6 Å². The summed E-state index contributed by atoms with van der Waals surface area (Å²) in [6, 6.07) is 10.2. The molecule has 1 aromatic heterocycles. The van der Waals surface area contributed by atoms with Gasteiger partial charge in [-0.1, -0.05) is 11.6 Å². The van der Waals surface area contributed by atoms with E-state index in [1.165, 1.54) is 0 Å². The monoisotopic (exact) mass is 492 g/mol. The molecule has 1 saturated heterocycles. The van der Waals surface area contributed by atoms with Gasteiger partial charge in [0.2, 0.25) is 0 Å². The Hall–Kier alpha value is -3.04. The van der Waals surface area contributed by atoms with Gasteiger partial charge in [-0.2, -0.15) is 13.2 Å². The van der Waals surface area contributed by atoms with Crippen molar-refractivity contribution in [3.63, 3.8) is 0 Å². The third-order valence-electron chi connectivity index (χ3n) is 5.73. The number of anilines is 2. The van der Waals surface area contributed by atoms with Crippen molar-refractivity contribution in [1.82, 2.24) is 9.88 Å². The summed E-state index contributed by atoms with van der Waals surface area (Å²) in [5, 5.41) is 3.44. The molecule has 0 atom stereocenters. The first-order valence-corrected chi connectivity index (χ1v) is 11.1. The quantitative estimate of drug-likeness (QED) is 0.544. The molecule has 0 unspecified atom stereocenters. The first-order chi connectivity index (χ1) is 16.1. The van der Waals surface area contributed by atoms with E-state index in [1.54, 1.807) is 6.07 Å². The normalized spacial score (nSPS) is 14.9. The van der Waals surface area contributed by atoms with Crippen LogP contribution in [-0.4, -0.2) is 55.6 Å². The number of pyridine rings is 1. The number of nitrogens with one attached hydrogen (secondary N) is 1. The maximum atomic E-state index is 12.8. The number of carbonyl (C=O) groups is 1. The van der Waals surface area contributed by atoms with Crippen molar-refractivity contribution >= 4 is 39.9 Å². The number of carbonyl (C=O) groups excluding carboxylic acids is 1. The van der Waals surface area contributed by atoms with E-state index in [4.69, 9.17) is 21.3 Å². The molecule has 1 aliphatic heterocycles. The molecule has 1 N–H and O–H groups in total. The fourth-order valence-corrected chi connectivity index (χ4v) is 4.02. The summed E-state index contributed by atoms with van der Waals surface area (Å²) in [4.78, 5) is 21.7. The zero-order chi connectivity index (χ0) is 24.5. The average Bonchev–Trinajstić information content (AvgIpc) is 2.78. The maximum absolute atomic E-state index is 12.8. The second-order valence-corrected chi connectivity index (χ2v) is 8.71. The van der Waals surface area contributed by atoms with Crippen LogP contribution in [0.2, 0.25) is 5.02 Å². The van der Waals surface area contributed by atoms with Crippen LogP contribution in [0.1, 0.15) is 11.1 Å². The van der Waals surface area contributed by atoms with Gasteiger partial charge in [-0.15, -0.1) is 0 Å². The minimum Gasteiger partial charge on any atom is -0.482 e. The third-order valence-corrected chi connectivity index (χ3v) is 6.03. The van der Waals surface area contributed by atoms with Gasteiger partial charge in [-0.05, 0) is 62.0 Å². The summed E-state index contributed by atoms with van der Waals surface area (Å²) < 4.78 is 43.6. The Morgan fingerprint density at radius 3 is 2.53 bits per heavy atom. The SMILES string of the molecule is Cc1cc(N2CCN(C)CC2)nc2ccc(NC(=O)COc3ccc(C(F)(F)F)cc3Cl)cc12. The number of rotatable bonds is 5. The van der Waals surface area contributed by atoms with E-state index in [1.807, 2.05) is 19.1 Å². The van der Waals surface area contributed by atoms with Crippen LogP contribution >= 0.6 is 11.6 Å². The van der Waals surface area contributed by atoms with Crippen LogP contribution in [0.4, 0.5) is 24.7 Å². The molecule has 1 aliphatic rings. The zero-order valence-corrected chi connectivity index (χ0v) is 19.5. The Kier molecular flexibility index (Phi) is 6.86. The number of piperazine rings is 1. The molecule has 2 aromatic carbocycles. The molecule has 2 heterocycles. The minimum absolute atomic E-state index is 0.000177. The summed E-state index contributed by atoms with van der Waals surface area (Å²) in [6.07, 6.45) is -4.51. The largest absolute Gasteiger partial charge is 0.482 e. The number of likely N-dealkylation sites (N-methyl/N-ethyl adjacent to an activating group) is 1. The third kappa shape index (κ3) is 5.53. The Balaban J connectivity index is 1.41. The standard InChI is InChI=1S/C24H24ClF3N4O2/c1-15-11-22(32-9-7-31(2)8-10-32)30-20-5-4-17(13-18(15)20)29-23(33)14-34-21-6-3-16(12-19(21)25)24(26,27)28/h3-6,11-13H,7-10,14H2,1-2H3,(H,29,33). The number of halogens is 4. The average molecular weight is 493 g/mol. The highest BCUT2D eigenvalue weighted by Gasteiger charge is 2.31. The lowest BCUT2D eigenvalue weighted by molar-refractivity contribution is -0.137. The van der Waals surface area contributed by atoms with Crippen molar-refractivity contribution in [2.75, 3.05) is 50.1 Å².